The molecule has 3 rings (SSSR count). The second kappa shape index (κ2) is 6.03. The molecule has 3 N–H and O–H groups in total. The van der Waals surface area contributed by atoms with E-state index in [9.17, 15) is 4.39 Å². The van der Waals surface area contributed by atoms with Crippen molar-refractivity contribution in [2.24, 2.45) is 5.84 Å². The Morgan fingerprint density at radius 2 is 1.81 bits per heavy atom. The number of hydrazine groups is 1. The molecule has 1 aromatic rings. The lowest BCUT2D eigenvalue weighted by molar-refractivity contribution is 0.0763. The first-order chi connectivity index (χ1) is 10.2. The van der Waals surface area contributed by atoms with Gasteiger partial charge in [-0.1, -0.05) is 18.9 Å². The molecule has 1 aliphatic carbocycles. The molecule has 0 amide bonds. The number of nitrogens with zero attached hydrogens (tertiary/aromatic N) is 1. The van der Waals surface area contributed by atoms with Crippen LogP contribution in [0.2, 0.25) is 0 Å². The molecule has 1 aliphatic heterocycles. The molecule has 1 aromatic carbocycles. The molecule has 116 valence electrons. The van der Waals surface area contributed by atoms with E-state index in [2.05, 4.69) is 16.4 Å². The van der Waals surface area contributed by atoms with E-state index < -0.39 is 0 Å². The van der Waals surface area contributed by atoms with Crippen LogP contribution in [-0.4, -0.2) is 23.5 Å². The SMILES string of the molecule is Cc1cc(F)cc(C(NN)C2(N3CCCC3)CCCC2)c1. The van der Waals surface area contributed by atoms with E-state index in [1.165, 1.54) is 25.7 Å². The third kappa shape index (κ3) is 2.72. The van der Waals surface area contributed by atoms with Crippen molar-refractivity contribution in [1.82, 2.24) is 10.3 Å². The van der Waals surface area contributed by atoms with Crippen molar-refractivity contribution in [3.8, 4) is 0 Å². The van der Waals surface area contributed by atoms with Crippen LogP contribution in [0.5, 0.6) is 0 Å². The number of benzene rings is 1. The number of aryl methyl sites for hydroxylation is 1. The Hall–Kier alpha value is -0.970. The highest BCUT2D eigenvalue weighted by atomic mass is 19.1. The molecule has 1 heterocycles. The summed E-state index contributed by atoms with van der Waals surface area (Å²) in [6.45, 7) is 4.23. The number of nitrogens with two attached hydrogens (primary N) is 1. The summed E-state index contributed by atoms with van der Waals surface area (Å²) in [7, 11) is 0. The van der Waals surface area contributed by atoms with Gasteiger partial charge in [0.15, 0.2) is 0 Å². The van der Waals surface area contributed by atoms with Crippen molar-refractivity contribution in [3.63, 3.8) is 0 Å². The summed E-state index contributed by atoms with van der Waals surface area (Å²) in [4.78, 5) is 2.60. The van der Waals surface area contributed by atoms with Gasteiger partial charge in [0.2, 0.25) is 0 Å². The minimum absolute atomic E-state index is 0.00694. The maximum absolute atomic E-state index is 13.8. The molecular formula is C17H26FN3. The van der Waals surface area contributed by atoms with Crippen LogP contribution < -0.4 is 11.3 Å². The summed E-state index contributed by atoms with van der Waals surface area (Å²) in [6, 6.07) is 5.30. The average molecular weight is 291 g/mol. The van der Waals surface area contributed by atoms with E-state index in [1.54, 1.807) is 12.1 Å². The lowest BCUT2D eigenvalue weighted by Crippen LogP contribution is -2.55. The van der Waals surface area contributed by atoms with Gasteiger partial charge in [0, 0.05) is 5.54 Å². The monoisotopic (exact) mass is 291 g/mol. The zero-order chi connectivity index (χ0) is 14.9. The van der Waals surface area contributed by atoms with Gasteiger partial charge in [-0.15, -0.1) is 0 Å². The largest absolute Gasteiger partial charge is 0.296 e. The fraction of sp³-hybridized carbons (Fsp3) is 0.647. The van der Waals surface area contributed by atoms with Crippen LogP contribution in [0.3, 0.4) is 0 Å². The van der Waals surface area contributed by atoms with Gasteiger partial charge in [-0.05, 0) is 69.0 Å². The van der Waals surface area contributed by atoms with E-state index >= 15 is 0 Å². The Morgan fingerprint density at radius 1 is 1.14 bits per heavy atom. The van der Waals surface area contributed by atoms with Crippen LogP contribution in [0, 0.1) is 12.7 Å². The fourth-order valence-electron chi connectivity index (χ4n) is 4.43. The number of likely N-dealkylation sites (tertiary alicyclic amines) is 1. The molecule has 2 aliphatic rings. The summed E-state index contributed by atoms with van der Waals surface area (Å²) >= 11 is 0. The quantitative estimate of drug-likeness (QED) is 0.662. The Balaban J connectivity index is 1.98. The highest BCUT2D eigenvalue weighted by Gasteiger charge is 2.47. The van der Waals surface area contributed by atoms with Gasteiger partial charge in [-0.3, -0.25) is 16.2 Å². The molecule has 0 spiro atoms. The van der Waals surface area contributed by atoms with Crippen LogP contribution in [0.25, 0.3) is 0 Å². The Morgan fingerprint density at radius 3 is 2.38 bits per heavy atom. The van der Waals surface area contributed by atoms with Gasteiger partial charge >= 0.3 is 0 Å². The number of hydrogen-bond donors (Lipinski definition) is 2. The number of halogens is 1. The summed E-state index contributed by atoms with van der Waals surface area (Å²) in [6.07, 6.45) is 7.31. The van der Waals surface area contributed by atoms with Gasteiger partial charge in [0.05, 0.1) is 6.04 Å². The first-order valence-corrected chi connectivity index (χ1v) is 8.14. The van der Waals surface area contributed by atoms with Crippen LogP contribution >= 0.6 is 0 Å². The van der Waals surface area contributed by atoms with Crippen molar-refractivity contribution in [3.05, 3.63) is 35.1 Å². The van der Waals surface area contributed by atoms with Gasteiger partial charge in [-0.25, -0.2) is 4.39 Å². The molecule has 1 saturated carbocycles. The number of rotatable bonds is 4. The second-order valence-electron chi connectivity index (χ2n) is 6.67. The van der Waals surface area contributed by atoms with Gasteiger partial charge in [-0.2, -0.15) is 0 Å². The normalized spacial score (nSPS) is 23.6. The molecule has 2 fully saturated rings. The summed E-state index contributed by atoms with van der Waals surface area (Å²) in [5, 5.41) is 0. The van der Waals surface area contributed by atoms with Crippen LogP contribution in [0.4, 0.5) is 4.39 Å². The molecule has 1 atom stereocenters. The van der Waals surface area contributed by atoms with Crippen molar-refractivity contribution < 1.29 is 4.39 Å². The summed E-state index contributed by atoms with van der Waals surface area (Å²) in [5.41, 5.74) is 5.03. The topological polar surface area (TPSA) is 41.3 Å². The standard InChI is InChI=1S/C17H26FN3/c1-13-10-14(12-15(18)11-13)16(20-19)17(6-2-3-7-17)21-8-4-5-9-21/h10-12,16,20H,2-9,19H2,1H3. The number of hydrogen-bond acceptors (Lipinski definition) is 3. The first-order valence-electron chi connectivity index (χ1n) is 8.14. The molecular weight excluding hydrogens is 265 g/mol. The number of nitrogens with one attached hydrogen (secondary N) is 1. The molecule has 0 aromatic heterocycles. The average Bonchev–Trinajstić information content (AvgIpc) is 3.10. The molecule has 4 heteroatoms. The molecule has 3 nitrogen and oxygen atoms in total. The van der Waals surface area contributed by atoms with Crippen LogP contribution in [-0.2, 0) is 0 Å². The van der Waals surface area contributed by atoms with Gasteiger partial charge in [0.1, 0.15) is 5.82 Å². The molecule has 1 unspecified atom stereocenters. The molecule has 0 bridgehead atoms. The van der Waals surface area contributed by atoms with E-state index in [1.807, 2.05) is 6.92 Å². The zero-order valence-corrected chi connectivity index (χ0v) is 12.9. The Bertz CT molecular complexity index is 471. The smallest absolute Gasteiger partial charge is 0.123 e. The first kappa shape index (κ1) is 14.9. The highest BCUT2D eigenvalue weighted by Crippen LogP contribution is 2.45. The third-order valence-electron chi connectivity index (χ3n) is 5.31. The van der Waals surface area contributed by atoms with Crippen molar-refractivity contribution >= 4 is 0 Å². The second-order valence-corrected chi connectivity index (χ2v) is 6.67. The molecule has 21 heavy (non-hydrogen) atoms. The van der Waals surface area contributed by atoms with Crippen molar-refractivity contribution in [2.75, 3.05) is 13.1 Å². The van der Waals surface area contributed by atoms with Crippen molar-refractivity contribution in [2.45, 2.75) is 57.0 Å². The predicted octanol–water partition coefficient (Wildman–Crippen LogP) is 3.05. The van der Waals surface area contributed by atoms with Gasteiger partial charge in [0.25, 0.3) is 0 Å². The highest BCUT2D eigenvalue weighted by molar-refractivity contribution is 5.29. The van der Waals surface area contributed by atoms with E-state index in [0.29, 0.717) is 0 Å². The van der Waals surface area contributed by atoms with E-state index in [-0.39, 0.29) is 17.4 Å². The minimum Gasteiger partial charge on any atom is -0.296 e. The lowest BCUT2D eigenvalue weighted by Gasteiger charge is -2.45. The maximum atomic E-state index is 13.8. The Kier molecular flexibility index (Phi) is 4.29. The molecule has 1 saturated heterocycles. The zero-order valence-electron chi connectivity index (χ0n) is 12.9. The van der Waals surface area contributed by atoms with Crippen LogP contribution in [0.15, 0.2) is 18.2 Å². The van der Waals surface area contributed by atoms with Gasteiger partial charge < -0.3 is 0 Å². The van der Waals surface area contributed by atoms with Crippen LogP contribution in [0.1, 0.15) is 55.7 Å². The van der Waals surface area contributed by atoms with Crippen molar-refractivity contribution in [1.29, 1.82) is 0 Å². The Labute approximate surface area is 126 Å². The summed E-state index contributed by atoms with van der Waals surface area (Å²) < 4.78 is 13.8. The third-order valence-corrected chi connectivity index (χ3v) is 5.31. The fourth-order valence-corrected chi connectivity index (χ4v) is 4.43. The minimum atomic E-state index is -0.167. The molecule has 0 radical (unpaired) electrons. The van der Waals surface area contributed by atoms with E-state index in [0.717, 1.165) is 37.1 Å². The predicted molar refractivity (Wildman–Crippen MR) is 83.2 cm³/mol. The maximum Gasteiger partial charge on any atom is 0.123 e. The lowest BCUT2D eigenvalue weighted by atomic mass is 9.82. The van der Waals surface area contributed by atoms with E-state index in [4.69, 9.17) is 5.84 Å². The summed E-state index contributed by atoms with van der Waals surface area (Å²) in [5.74, 6) is 5.77.